The molecule has 0 bridgehead atoms. The largest absolute Gasteiger partial charge is 0.324 e. The predicted octanol–water partition coefficient (Wildman–Crippen LogP) is 2.00. The molecule has 0 aromatic rings. The molecule has 0 heterocycles. The van der Waals surface area contributed by atoms with Gasteiger partial charge in [-0.1, -0.05) is 37.1 Å². The molecule has 1 unspecified atom stereocenters. The fourth-order valence-corrected chi connectivity index (χ4v) is 1.16. The van der Waals surface area contributed by atoms with Crippen LogP contribution < -0.4 is 5.73 Å². The van der Waals surface area contributed by atoms with Gasteiger partial charge < -0.3 is 5.73 Å². The number of hydrogen-bond acceptors (Lipinski definition) is 1. The van der Waals surface area contributed by atoms with Crippen LogP contribution in [0.25, 0.3) is 0 Å². The molecule has 10 heavy (non-hydrogen) atoms. The Bertz CT molecular complexity index is 156. The maximum Gasteiger partial charge on any atom is 0.0262 e. The van der Waals surface area contributed by atoms with Gasteiger partial charge in [-0.05, 0) is 12.8 Å². The average molecular weight is 137 g/mol. The summed E-state index contributed by atoms with van der Waals surface area (Å²) < 4.78 is 0. The van der Waals surface area contributed by atoms with E-state index in [9.17, 15) is 0 Å². The molecule has 1 heteroatoms. The second kappa shape index (κ2) is 3.57. The van der Waals surface area contributed by atoms with Crippen molar-refractivity contribution in [2.45, 2.75) is 32.2 Å². The molecule has 0 spiro atoms. The van der Waals surface area contributed by atoms with E-state index in [4.69, 9.17) is 5.73 Å². The molecule has 1 aliphatic carbocycles. The molecule has 0 saturated heterocycles. The Morgan fingerprint density at radius 3 is 3.00 bits per heavy atom. The topological polar surface area (TPSA) is 26.0 Å². The van der Waals surface area contributed by atoms with E-state index >= 15 is 0 Å². The van der Waals surface area contributed by atoms with E-state index in [-0.39, 0.29) is 6.04 Å². The van der Waals surface area contributed by atoms with Crippen molar-refractivity contribution in [1.82, 2.24) is 0 Å². The monoisotopic (exact) mass is 137 g/mol. The molecule has 1 atom stereocenters. The fourth-order valence-electron chi connectivity index (χ4n) is 1.16. The molecule has 0 fully saturated rings. The van der Waals surface area contributed by atoms with E-state index in [1.807, 2.05) is 0 Å². The molecule has 0 aromatic carbocycles. The van der Waals surface area contributed by atoms with Crippen LogP contribution in [-0.2, 0) is 0 Å². The lowest BCUT2D eigenvalue weighted by atomic mass is 10.0. The van der Waals surface area contributed by atoms with Crippen molar-refractivity contribution in [3.63, 3.8) is 0 Å². The first-order valence-electron chi connectivity index (χ1n) is 3.95. The molecular weight excluding hydrogens is 122 g/mol. The van der Waals surface area contributed by atoms with Crippen LogP contribution in [-0.4, -0.2) is 6.04 Å². The summed E-state index contributed by atoms with van der Waals surface area (Å²) in [5.74, 6) is 0. The predicted molar refractivity (Wildman–Crippen MR) is 44.7 cm³/mol. The van der Waals surface area contributed by atoms with Crippen LogP contribution in [0.5, 0.6) is 0 Å². The first-order chi connectivity index (χ1) is 4.83. The highest BCUT2D eigenvalue weighted by Gasteiger charge is 2.01. The summed E-state index contributed by atoms with van der Waals surface area (Å²) in [6.07, 6.45) is 9.93. The molecule has 0 amide bonds. The normalized spacial score (nSPS) is 24.6. The molecule has 1 nitrogen and oxygen atoms in total. The molecule has 0 radical (unpaired) electrons. The van der Waals surface area contributed by atoms with Gasteiger partial charge in [0.2, 0.25) is 0 Å². The van der Waals surface area contributed by atoms with E-state index in [0.29, 0.717) is 0 Å². The van der Waals surface area contributed by atoms with Crippen molar-refractivity contribution in [2.75, 3.05) is 0 Å². The van der Waals surface area contributed by atoms with Crippen LogP contribution in [0, 0.1) is 0 Å². The van der Waals surface area contributed by atoms with Gasteiger partial charge in [0.05, 0.1) is 0 Å². The Morgan fingerprint density at radius 2 is 2.50 bits per heavy atom. The Kier molecular flexibility index (Phi) is 2.69. The van der Waals surface area contributed by atoms with Gasteiger partial charge in [-0.15, -0.1) is 0 Å². The lowest BCUT2D eigenvalue weighted by molar-refractivity contribution is 0.800. The van der Waals surface area contributed by atoms with Crippen molar-refractivity contribution in [2.24, 2.45) is 5.73 Å². The Morgan fingerprint density at radius 1 is 1.70 bits per heavy atom. The molecule has 1 aliphatic rings. The molecular formula is C9H15N. The maximum absolute atomic E-state index is 5.66. The second-order valence-electron chi connectivity index (χ2n) is 2.79. The van der Waals surface area contributed by atoms with Gasteiger partial charge in [-0.25, -0.2) is 0 Å². The quantitative estimate of drug-likeness (QED) is 0.619. The van der Waals surface area contributed by atoms with Gasteiger partial charge in [-0.2, -0.15) is 0 Å². The SMILES string of the molecule is CCCC1=CCC(N)C=C1. The van der Waals surface area contributed by atoms with Gasteiger partial charge in [0.1, 0.15) is 0 Å². The number of rotatable bonds is 2. The minimum absolute atomic E-state index is 0.264. The highest BCUT2D eigenvalue weighted by atomic mass is 14.6. The summed E-state index contributed by atoms with van der Waals surface area (Å²) in [4.78, 5) is 0. The van der Waals surface area contributed by atoms with E-state index in [1.54, 1.807) is 0 Å². The zero-order valence-corrected chi connectivity index (χ0v) is 6.51. The third-order valence-electron chi connectivity index (χ3n) is 1.75. The summed E-state index contributed by atoms with van der Waals surface area (Å²) in [6.45, 7) is 2.20. The summed E-state index contributed by atoms with van der Waals surface area (Å²) in [6, 6.07) is 0.264. The van der Waals surface area contributed by atoms with Crippen molar-refractivity contribution >= 4 is 0 Å². The van der Waals surface area contributed by atoms with Gasteiger partial charge >= 0.3 is 0 Å². The Hall–Kier alpha value is -0.560. The smallest absolute Gasteiger partial charge is 0.0262 e. The molecule has 0 aliphatic heterocycles. The van der Waals surface area contributed by atoms with Crippen LogP contribution in [0.2, 0.25) is 0 Å². The van der Waals surface area contributed by atoms with Crippen LogP contribution in [0.15, 0.2) is 23.8 Å². The fraction of sp³-hybridized carbons (Fsp3) is 0.556. The molecule has 0 aromatic heterocycles. The van der Waals surface area contributed by atoms with Crippen LogP contribution in [0.4, 0.5) is 0 Å². The third kappa shape index (κ3) is 1.99. The highest BCUT2D eigenvalue weighted by Crippen LogP contribution is 2.13. The summed E-state index contributed by atoms with van der Waals surface area (Å²) >= 11 is 0. The highest BCUT2D eigenvalue weighted by molar-refractivity contribution is 5.24. The van der Waals surface area contributed by atoms with E-state index in [0.717, 1.165) is 6.42 Å². The minimum atomic E-state index is 0.264. The zero-order chi connectivity index (χ0) is 7.40. The van der Waals surface area contributed by atoms with Gasteiger partial charge in [0.15, 0.2) is 0 Å². The first kappa shape index (κ1) is 7.55. The van der Waals surface area contributed by atoms with Crippen LogP contribution in [0.3, 0.4) is 0 Å². The van der Waals surface area contributed by atoms with Gasteiger partial charge in [0.25, 0.3) is 0 Å². The van der Waals surface area contributed by atoms with Crippen molar-refractivity contribution in [3.05, 3.63) is 23.8 Å². The minimum Gasteiger partial charge on any atom is -0.324 e. The number of allylic oxidation sites excluding steroid dienone is 2. The van der Waals surface area contributed by atoms with Gasteiger partial charge in [0, 0.05) is 6.04 Å². The molecule has 1 rings (SSSR count). The number of hydrogen-bond donors (Lipinski definition) is 1. The summed E-state index contributed by atoms with van der Waals surface area (Å²) in [7, 11) is 0. The number of nitrogens with two attached hydrogens (primary N) is 1. The van der Waals surface area contributed by atoms with E-state index in [1.165, 1.54) is 18.4 Å². The van der Waals surface area contributed by atoms with E-state index in [2.05, 4.69) is 25.2 Å². The lowest BCUT2D eigenvalue weighted by Crippen LogP contribution is -2.17. The van der Waals surface area contributed by atoms with Crippen molar-refractivity contribution in [3.8, 4) is 0 Å². The van der Waals surface area contributed by atoms with Crippen LogP contribution >= 0.6 is 0 Å². The Balaban J connectivity index is 2.42. The maximum atomic E-state index is 5.66. The lowest BCUT2D eigenvalue weighted by Gasteiger charge is -2.10. The standard InChI is InChI=1S/C9H15N/c1-2-3-8-4-6-9(10)7-5-8/h4-6,9H,2-3,7,10H2,1H3. The summed E-state index contributed by atoms with van der Waals surface area (Å²) in [5.41, 5.74) is 7.11. The average Bonchev–Trinajstić information content (AvgIpc) is 1.95. The van der Waals surface area contributed by atoms with Crippen LogP contribution in [0.1, 0.15) is 26.2 Å². The third-order valence-corrected chi connectivity index (χ3v) is 1.75. The summed E-state index contributed by atoms with van der Waals surface area (Å²) in [5, 5.41) is 0. The van der Waals surface area contributed by atoms with Gasteiger partial charge in [-0.3, -0.25) is 0 Å². The molecule has 56 valence electrons. The first-order valence-corrected chi connectivity index (χ1v) is 3.95. The molecule has 0 saturated carbocycles. The van der Waals surface area contributed by atoms with Crippen molar-refractivity contribution in [1.29, 1.82) is 0 Å². The second-order valence-corrected chi connectivity index (χ2v) is 2.79. The zero-order valence-electron chi connectivity index (χ0n) is 6.51. The van der Waals surface area contributed by atoms with Crippen molar-refractivity contribution < 1.29 is 0 Å². The van der Waals surface area contributed by atoms with E-state index < -0.39 is 0 Å². The molecule has 2 N–H and O–H groups in total. The Labute approximate surface area is 62.6 Å².